The van der Waals surface area contributed by atoms with E-state index in [9.17, 15) is 0 Å². The summed E-state index contributed by atoms with van der Waals surface area (Å²) in [5, 5.41) is 14.0. The second-order valence-electron chi connectivity index (χ2n) is 0.224. The van der Waals surface area contributed by atoms with Crippen LogP contribution in [0.2, 0.25) is 0 Å². The Bertz CT molecular complexity index is 67.0. The third kappa shape index (κ3) is 42400. The Morgan fingerprint density at radius 1 is 0.875 bits per heavy atom. The molecule has 0 spiro atoms. The normalized spacial score (nSPS) is 1.75. The van der Waals surface area contributed by atoms with Crippen molar-refractivity contribution in [2.24, 2.45) is 0 Å². The van der Waals surface area contributed by atoms with Crippen LogP contribution in [-0.4, -0.2) is 0 Å². The molecule has 0 radical (unpaired) electrons. The van der Waals surface area contributed by atoms with Gasteiger partial charge in [0.25, 0.3) is 0 Å². The van der Waals surface area contributed by atoms with Gasteiger partial charge in [0, 0.05) is 0 Å². The van der Waals surface area contributed by atoms with Crippen molar-refractivity contribution >= 4 is 0 Å². The quantitative estimate of drug-likeness (QED) is 0.493. The second kappa shape index (κ2) is 61.1. The zero-order chi connectivity index (χ0) is 5.41. The summed E-state index contributed by atoms with van der Waals surface area (Å²) in [7, 11) is 0. The summed E-state index contributed by atoms with van der Waals surface area (Å²) in [6.45, 7) is 0. The largest absolute Gasteiger partial charge is 1.00 e. The number of hydrogen-bond donors (Lipinski definition) is 0. The summed E-state index contributed by atoms with van der Waals surface area (Å²) in [6.07, 6.45) is 2.00. The maximum atomic E-state index is 6.99. The zero-order valence-corrected chi connectivity index (χ0v) is 6.46. The number of nitrogens with one attached hydrogen (secondary N) is 2. The molecule has 0 aromatic rings. The van der Waals surface area contributed by atoms with E-state index in [1.54, 1.807) is 0 Å². The summed E-state index contributed by atoms with van der Waals surface area (Å²) in [5.74, 6) is 0. The number of rotatable bonds is 0. The van der Waals surface area contributed by atoms with E-state index in [0.717, 1.165) is 12.4 Å². The van der Waals surface area contributed by atoms with Gasteiger partial charge in [-0.15, -0.1) is 0 Å². The molecule has 0 aliphatic carbocycles. The van der Waals surface area contributed by atoms with Crippen molar-refractivity contribution < 1.29 is 44.8 Å². The van der Waals surface area contributed by atoms with Crippen LogP contribution in [0.3, 0.4) is 0 Å². The molecule has 0 bridgehead atoms. The predicted octanol–water partition coefficient (Wildman–Crippen LogP) is 1.03. The summed E-state index contributed by atoms with van der Waals surface area (Å²) >= 11 is 0. The van der Waals surface area contributed by atoms with Crippen LogP contribution >= 0.6 is 0 Å². The van der Waals surface area contributed by atoms with Crippen molar-refractivity contribution in [3.05, 3.63) is 11.5 Å². The fourth-order valence-electron chi connectivity index (χ4n) is 0. The van der Waals surface area contributed by atoms with Gasteiger partial charge in [0.2, 0.25) is 0 Å². The number of nitrogens with zero attached hydrogens (tertiary/aromatic N) is 2. The minimum atomic E-state index is 0. The Balaban J connectivity index is -0.0000000160. The summed E-state index contributed by atoms with van der Waals surface area (Å²) < 4.78 is 0. The topological polar surface area (TPSA) is 95.2 Å². The van der Waals surface area contributed by atoms with Crippen molar-refractivity contribution in [3.8, 4) is 12.4 Å². The monoisotopic (exact) mass is 296 g/mol. The summed E-state index contributed by atoms with van der Waals surface area (Å²) in [5.41, 5.74) is 11.0. The van der Waals surface area contributed by atoms with E-state index in [1.165, 1.54) is 0 Å². The maximum Gasteiger partial charge on any atom is 1.00 e. The van der Waals surface area contributed by atoms with Crippen LogP contribution in [0, 0.1) is 22.9 Å². The fourth-order valence-corrected chi connectivity index (χ4v) is 0. The van der Waals surface area contributed by atoms with Crippen LogP contribution < -0.4 is 0 Å². The van der Waals surface area contributed by atoms with Gasteiger partial charge in [-0.05, 0) is 0 Å². The SMILES string of the molecule is N#C[NH-].N#C[NH-].[Ag+].[Ag+]. The van der Waals surface area contributed by atoms with E-state index in [4.69, 9.17) is 22.0 Å². The third-order valence-electron chi connectivity index (χ3n) is 0. The molecule has 0 fully saturated rings. The van der Waals surface area contributed by atoms with Crippen molar-refractivity contribution in [2.45, 2.75) is 0 Å². The van der Waals surface area contributed by atoms with Crippen molar-refractivity contribution in [1.82, 2.24) is 0 Å². The van der Waals surface area contributed by atoms with Gasteiger partial charge in [-0.1, -0.05) is 12.4 Å². The Hall–Kier alpha value is 0.0605. The molecule has 6 heteroatoms. The van der Waals surface area contributed by atoms with Crippen LogP contribution in [0.25, 0.3) is 11.5 Å². The van der Waals surface area contributed by atoms with E-state index in [1.807, 2.05) is 0 Å². The molecular formula is C2H2Ag2N4. The molecule has 52 valence electrons. The minimum Gasteiger partial charge on any atom is -0.494 e. The molecular weight excluding hydrogens is 296 g/mol. The first-order valence-electron chi connectivity index (χ1n) is 0.947. The second-order valence-corrected chi connectivity index (χ2v) is 0.224. The number of hydrogen-bond acceptors (Lipinski definition) is 2. The zero-order valence-electron chi connectivity index (χ0n) is 3.50. The summed E-state index contributed by atoms with van der Waals surface area (Å²) in [6, 6.07) is 0. The van der Waals surface area contributed by atoms with Gasteiger partial charge in [-0.3, -0.25) is 0 Å². The molecule has 0 saturated heterocycles. The molecule has 4 nitrogen and oxygen atoms in total. The van der Waals surface area contributed by atoms with Crippen LogP contribution in [0.4, 0.5) is 0 Å². The van der Waals surface area contributed by atoms with Crippen molar-refractivity contribution in [3.63, 3.8) is 0 Å². The van der Waals surface area contributed by atoms with E-state index in [0.29, 0.717) is 0 Å². The van der Waals surface area contributed by atoms with Crippen LogP contribution in [0.1, 0.15) is 0 Å². The molecule has 0 saturated carbocycles. The van der Waals surface area contributed by atoms with Gasteiger partial charge in [-0.2, -0.15) is 0 Å². The Kier molecular flexibility index (Phi) is 186. The first kappa shape index (κ1) is 24.4. The van der Waals surface area contributed by atoms with Crippen LogP contribution in [0.15, 0.2) is 0 Å². The molecule has 0 aromatic carbocycles. The molecule has 0 unspecified atom stereocenters. The van der Waals surface area contributed by atoms with Gasteiger partial charge in [0.1, 0.15) is 0 Å². The van der Waals surface area contributed by atoms with Crippen LogP contribution in [0.5, 0.6) is 0 Å². The van der Waals surface area contributed by atoms with Gasteiger partial charge >= 0.3 is 44.8 Å². The Labute approximate surface area is 78.8 Å². The average molecular weight is 298 g/mol. The molecule has 0 rings (SSSR count). The van der Waals surface area contributed by atoms with Crippen molar-refractivity contribution in [2.75, 3.05) is 0 Å². The molecule has 0 aliphatic rings. The van der Waals surface area contributed by atoms with E-state index >= 15 is 0 Å². The maximum absolute atomic E-state index is 6.99. The third-order valence-corrected chi connectivity index (χ3v) is 0. The Morgan fingerprint density at radius 2 is 0.875 bits per heavy atom. The molecule has 0 aliphatic heterocycles. The Morgan fingerprint density at radius 3 is 0.875 bits per heavy atom. The van der Waals surface area contributed by atoms with Gasteiger partial charge in [-0.25, -0.2) is 0 Å². The molecule has 0 heterocycles. The molecule has 0 aromatic heterocycles. The van der Waals surface area contributed by atoms with E-state index in [2.05, 4.69) is 0 Å². The van der Waals surface area contributed by atoms with Gasteiger partial charge < -0.3 is 22.0 Å². The first-order chi connectivity index (χ1) is 2.83. The minimum absolute atomic E-state index is 0. The van der Waals surface area contributed by atoms with Gasteiger partial charge in [0.15, 0.2) is 0 Å². The molecule has 0 amide bonds. The summed E-state index contributed by atoms with van der Waals surface area (Å²) in [4.78, 5) is 0. The van der Waals surface area contributed by atoms with Crippen LogP contribution in [-0.2, 0) is 44.8 Å². The first-order valence-corrected chi connectivity index (χ1v) is 0.947. The predicted molar refractivity (Wildman–Crippen MR) is 19.9 cm³/mol. The van der Waals surface area contributed by atoms with E-state index < -0.39 is 0 Å². The number of nitriles is 2. The molecule has 2 N–H and O–H groups in total. The van der Waals surface area contributed by atoms with Gasteiger partial charge in [0.05, 0.1) is 0 Å². The standard InChI is InChI=1S/2CHN2.2Ag/c2*2-1-3;;/h2*2H;;/q2*-1;2*+1. The molecule has 0 atom stereocenters. The fraction of sp³-hybridized carbons (Fsp3) is 0. The van der Waals surface area contributed by atoms with Crippen molar-refractivity contribution in [1.29, 1.82) is 10.5 Å². The smallest absolute Gasteiger partial charge is 0.494 e. The average Bonchev–Trinajstić information content (AvgIpc) is 1.39. The molecule has 8 heavy (non-hydrogen) atoms. The van der Waals surface area contributed by atoms with E-state index in [-0.39, 0.29) is 44.8 Å².